The second-order valence-electron chi connectivity index (χ2n) is 14.4. The van der Waals surface area contributed by atoms with E-state index in [0.717, 1.165) is 55.1 Å². The van der Waals surface area contributed by atoms with Crippen molar-refractivity contribution in [2.24, 2.45) is 7.05 Å². The Morgan fingerprint density at radius 3 is 1.68 bits per heavy atom. The molecule has 0 radical (unpaired) electrons. The van der Waals surface area contributed by atoms with Crippen molar-refractivity contribution in [3.05, 3.63) is 82.2 Å². The van der Waals surface area contributed by atoms with Crippen molar-refractivity contribution in [2.75, 3.05) is 39.8 Å². The number of benzene rings is 2. The normalized spacial score (nSPS) is 23.3. The number of nitrogens with one attached hydrogen (secondary N) is 2. The Morgan fingerprint density at radius 1 is 0.769 bits per heavy atom. The molecule has 1 aromatic heterocycles. The Balaban J connectivity index is 1.09. The maximum atomic E-state index is 14.1. The monoisotopic (exact) mass is 924 g/mol. The lowest BCUT2D eigenvalue weighted by molar-refractivity contribution is -0.259. The Bertz CT molecular complexity index is 2570. The summed E-state index contributed by atoms with van der Waals surface area (Å²) < 4.78 is 29.1. The maximum absolute atomic E-state index is 14.1. The molecule has 3 unspecified atom stereocenters. The topological polar surface area (TPSA) is 358 Å². The van der Waals surface area contributed by atoms with E-state index in [9.17, 15) is 63.9 Å². The molecule has 6 atom stereocenters. The van der Waals surface area contributed by atoms with Gasteiger partial charge in [0.25, 0.3) is 23.3 Å². The predicted molar refractivity (Wildman–Crippen MR) is 208 cm³/mol. The molecule has 0 bridgehead atoms. The quantitative estimate of drug-likeness (QED) is 0.0251. The van der Waals surface area contributed by atoms with Crippen molar-refractivity contribution < 1.29 is 87.6 Å². The van der Waals surface area contributed by atoms with Gasteiger partial charge in [-0.05, 0) is 51.4 Å². The number of carboxylic acids is 3. The van der Waals surface area contributed by atoms with Gasteiger partial charge in [-0.15, -0.1) is 5.10 Å². The first-order chi connectivity index (χ1) is 30.9. The van der Waals surface area contributed by atoms with E-state index >= 15 is 0 Å². The van der Waals surface area contributed by atoms with Crippen molar-refractivity contribution in [1.82, 2.24) is 40.6 Å². The molecule has 27 heteroatoms. The number of thioether (sulfide) groups is 1. The second kappa shape index (κ2) is 17.6. The number of rotatable bonds is 17. The van der Waals surface area contributed by atoms with Crippen molar-refractivity contribution >= 4 is 59.3 Å². The van der Waals surface area contributed by atoms with Crippen LogP contribution in [0.4, 0.5) is 0 Å². The van der Waals surface area contributed by atoms with Crippen LogP contribution in [0, 0.1) is 0 Å². The molecule has 4 amide bonds. The first kappa shape index (κ1) is 45.6. The lowest BCUT2D eigenvalue weighted by atomic mass is 9.91. The molecule has 2 aromatic carbocycles. The van der Waals surface area contributed by atoms with Gasteiger partial charge in [-0.25, -0.2) is 14.3 Å². The van der Waals surface area contributed by atoms with E-state index in [4.69, 9.17) is 23.7 Å². The molecule has 7 N–H and O–H groups in total. The molecule has 0 saturated carbocycles. The number of hydrogen-bond acceptors (Lipinski definition) is 19. The van der Waals surface area contributed by atoms with E-state index in [1.807, 2.05) is 0 Å². The molecule has 3 aromatic rings. The number of aliphatic carboxylic acids is 3. The van der Waals surface area contributed by atoms with Crippen molar-refractivity contribution in [2.45, 2.75) is 40.9 Å². The summed E-state index contributed by atoms with van der Waals surface area (Å²) in [5.41, 5.74) is -6.35. The Kier molecular flexibility index (Phi) is 12.3. The number of carbonyl (C=O) groups excluding carboxylic acids is 5. The summed E-state index contributed by atoms with van der Waals surface area (Å²) in [6.45, 7) is -1.94. The Labute approximate surface area is 368 Å². The number of ether oxygens (including phenoxy) is 5. The molecule has 26 nitrogen and oxygen atoms in total. The average molecular weight is 925 g/mol. The SMILES string of the molecule is CO[C@@]1(NC(=O)C(C(=O)O)c2ccc(O)cc2)C(=O)N2C(C(=O)O)=C(COC(=O)C(C(=O)N[C@]3(OC)C(=O)N4C(C(=O)O)=C(CSc5nnnn5C)CO[C@@H]43)c3ccc(O)cc3)COC21. The number of β-lactam (4-membered cyclic amide) rings is 2. The molecule has 7 rings (SSSR count). The highest BCUT2D eigenvalue weighted by Crippen LogP contribution is 2.43. The third-order valence-corrected chi connectivity index (χ3v) is 11.8. The molecular formula is C38H36N8O18S. The zero-order valence-corrected chi connectivity index (χ0v) is 34.7. The Morgan fingerprint density at radius 2 is 1.23 bits per heavy atom. The van der Waals surface area contributed by atoms with Crippen molar-refractivity contribution in [3.63, 3.8) is 0 Å². The largest absolute Gasteiger partial charge is 0.508 e. The van der Waals surface area contributed by atoms with Crippen LogP contribution in [0.2, 0.25) is 0 Å². The fraction of sp³-hybridized carbons (Fsp3) is 0.342. The minimum absolute atomic E-state index is 0.00971. The summed E-state index contributed by atoms with van der Waals surface area (Å²) >= 11 is 1.07. The zero-order valence-electron chi connectivity index (χ0n) is 33.9. The molecule has 5 heterocycles. The van der Waals surface area contributed by atoms with Gasteiger partial charge in [0, 0.05) is 32.6 Å². The number of nitrogens with zero attached hydrogens (tertiary/aromatic N) is 6. The smallest absolute Gasteiger partial charge is 0.352 e. The van der Waals surface area contributed by atoms with Crippen LogP contribution in [0.3, 0.4) is 0 Å². The number of esters is 1. The van der Waals surface area contributed by atoms with Gasteiger partial charge >= 0.3 is 23.9 Å². The number of aromatic hydroxyl groups is 2. The third kappa shape index (κ3) is 7.83. The van der Waals surface area contributed by atoms with Crippen LogP contribution in [-0.2, 0) is 69.1 Å². The molecule has 2 fully saturated rings. The highest BCUT2D eigenvalue weighted by atomic mass is 32.2. The molecule has 4 aliphatic rings. The molecule has 0 spiro atoms. The molecule has 4 aliphatic heterocycles. The van der Waals surface area contributed by atoms with Crippen molar-refractivity contribution in [1.29, 1.82) is 0 Å². The molecule has 65 heavy (non-hydrogen) atoms. The number of phenols is 2. The average Bonchev–Trinajstić information content (AvgIpc) is 3.69. The van der Waals surface area contributed by atoms with Gasteiger partial charge in [-0.3, -0.25) is 38.6 Å². The zero-order chi connectivity index (χ0) is 47.1. The number of carboxylic acid groups (broad SMARTS) is 3. The second-order valence-corrected chi connectivity index (χ2v) is 15.4. The Hall–Kier alpha value is -7.46. The van der Waals surface area contributed by atoms with E-state index < -0.39 is 108 Å². The number of carbonyl (C=O) groups is 8. The summed E-state index contributed by atoms with van der Waals surface area (Å²) in [6, 6.07) is 9.24. The lowest BCUT2D eigenvalue weighted by Gasteiger charge is -2.55. The van der Waals surface area contributed by atoms with Crippen LogP contribution in [0.25, 0.3) is 0 Å². The predicted octanol–water partition coefficient (Wildman–Crippen LogP) is -2.10. The van der Waals surface area contributed by atoms with Crippen LogP contribution < -0.4 is 10.6 Å². The maximum Gasteiger partial charge on any atom is 0.352 e. The minimum atomic E-state index is -2.42. The van der Waals surface area contributed by atoms with Crippen LogP contribution in [0.15, 0.2) is 76.2 Å². The number of hydrogen-bond donors (Lipinski definition) is 7. The molecular weight excluding hydrogens is 889 g/mol. The number of fused-ring (bicyclic) bond motifs is 2. The fourth-order valence-electron chi connectivity index (χ4n) is 7.49. The van der Waals surface area contributed by atoms with E-state index in [1.165, 1.54) is 28.9 Å². The minimum Gasteiger partial charge on any atom is -0.508 e. The van der Waals surface area contributed by atoms with Gasteiger partial charge < -0.3 is 59.9 Å². The van der Waals surface area contributed by atoms with E-state index in [2.05, 4.69) is 26.2 Å². The number of aryl methyl sites for hydroxylation is 1. The summed E-state index contributed by atoms with van der Waals surface area (Å²) in [4.78, 5) is 108. The summed E-state index contributed by atoms with van der Waals surface area (Å²) in [7, 11) is 3.57. The van der Waals surface area contributed by atoms with Gasteiger partial charge in [0.2, 0.25) is 17.0 Å². The van der Waals surface area contributed by atoms with Gasteiger partial charge in [-0.2, -0.15) is 0 Å². The number of phenolic OH excluding ortho intramolecular Hbond substituents is 2. The highest BCUT2D eigenvalue weighted by Gasteiger charge is 2.69. The third-order valence-electron chi connectivity index (χ3n) is 10.7. The van der Waals surface area contributed by atoms with Crippen LogP contribution >= 0.6 is 11.8 Å². The fourth-order valence-corrected chi connectivity index (χ4v) is 8.33. The van der Waals surface area contributed by atoms with E-state index in [1.54, 1.807) is 7.05 Å². The van der Waals surface area contributed by atoms with E-state index in [-0.39, 0.29) is 46.1 Å². The number of aromatic nitrogens is 4. The van der Waals surface area contributed by atoms with Gasteiger partial charge in [-0.1, -0.05) is 36.0 Å². The number of methoxy groups -OCH3 is 2. The lowest BCUT2D eigenvalue weighted by Crippen LogP contribution is -2.83. The van der Waals surface area contributed by atoms with Crippen molar-refractivity contribution in [3.8, 4) is 11.5 Å². The standard InChI is InChI=1S/C38H36N8O18S/c1-44-36(41-42-43-44)65-15-19-14-64-35-38(61-3,33(59)46(35)25(19)30(55)56)40-27(50)23(17-6-10-21(48)11-7-17)31(57)62-12-18-13-63-34-37(60-2,32(58)45(34)24(18)29(53)54)39-26(49)22(28(51)52)16-4-8-20(47)9-5-16/h4-11,22-23,34-35,47-48H,12-15H2,1-3H3,(H,39,49)(H,40,50)(H,51,52)(H,53,54)(H,55,56)/t22?,23?,34?,35-,37+,38+/m1/s1. The molecule has 342 valence electrons. The first-order valence-electron chi connectivity index (χ1n) is 18.8. The van der Waals surface area contributed by atoms with Crippen LogP contribution in [0.5, 0.6) is 11.5 Å². The van der Waals surface area contributed by atoms with Gasteiger partial charge in [0.05, 0.1) is 13.2 Å². The summed E-state index contributed by atoms with van der Waals surface area (Å²) in [5, 5.41) is 65.8. The molecule has 0 aliphatic carbocycles. The summed E-state index contributed by atoms with van der Waals surface area (Å²) in [6.07, 6.45) is -3.22. The highest BCUT2D eigenvalue weighted by molar-refractivity contribution is 7.99. The van der Waals surface area contributed by atoms with Gasteiger partial charge in [0.1, 0.15) is 29.5 Å². The number of amides is 4. The first-order valence-corrected chi connectivity index (χ1v) is 19.8. The van der Waals surface area contributed by atoms with Crippen LogP contribution in [-0.4, -0.2) is 167 Å². The van der Waals surface area contributed by atoms with E-state index in [0.29, 0.717) is 10.1 Å². The summed E-state index contributed by atoms with van der Waals surface area (Å²) in [5.74, 6) is -15.4. The molecule has 2 saturated heterocycles. The number of tetrazole rings is 1. The van der Waals surface area contributed by atoms with Gasteiger partial charge in [0.15, 0.2) is 24.3 Å². The van der Waals surface area contributed by atoms with Crippen LogP contribution in [0.1, 0.15) is 23.0 Å².